The third-order valence-corrected chi connectivity index (χ3v) is 4.96. The number of unbranched alkanes of at least 4 members (excludes halogenated alkanes) is 4. The number of fused-ring (bicyclic) bond motifs is 1. The standard InChI is InChI=1S/C26H24F2O3/c1-2-3-4-5-6-13-31-25-17-23(27)21(16-24(25)28)10-8-18-7-9-20-15-22(26(29)30)12-11-19(20)14-18/h7,9,11-12,14-17H,2-6,13H2,1H3,(H,29,30). The van der Waals surface area contributed by atoms with E-state index in [0.29, 0.717) is 12.2 Å². The number of carboxylic acid groups (broad SMARTS) is 1. The van der Waals surface area contributed by atoms with E-state index in [4.69, 9.17) is 9.84 Å². The number of ether oxygens (including phenoxy) is 1. The van der Waals surface area contributed by atoms with Gasteiger partial charge in [-0.1, -0.05) is 56.6 Å². The average molecular weight is 422 g/mol. The van der Waals surface area contributed by atoms with Crippen LogP contribution in [0.25, 0.3) is 10.8 Å². The molecule has 5 heteroatoms. The molecule has 3 rings (SSSR count). The first-order valence-corrected chi connectivity index (χ1v) is 10.4. The van der Waals surface area contributed by atoms with Crippen molar-refractivity contribution in [2.75, 3.05) is 6.61 Å². The fourth-order valence-corrected chi connectivity index (χ4v) is 3.22. The molecule has 0 aliphatic rings. The summed E-state index contributed by atoms with van der Waals surface area (Å²) in [5.41, 5.74) is 0.768. The van der Waals surface area contributed by atoms with Crippen LogP contribution in [0.15, 0.2) is 48.5 Å². The zero-order chi connectivity index (χ0) is 22.2. The zero-order valence-corrected chi connectivity index (χ0v) is 17.4. The predicted molar refractivity (Wildman–Crippen MR) is 117 cm³/mol. The van der Waals surface area contributed by atoms with Gasteiger partial charge in [0.1, 0.15) is 5.82 Å². The van der Waals surface area contributed by atoms with Crippen LogP contribution in [0, 0.1) is 23.5 Å². The van der Waals surface area contributed by atoms with Crippen molar-refractivity contribution in [3.05, 3.63) is 76.9 Å². The van der Waals surface area contributed by atoms with Crippen LogP contribution in [0.3, 0.4) is 0 Å². The smallest absolute Gasteiger partial charge is 0.335 e. The molecule has 0 fully saturated rings. The Morgan fingerprint density at radius 3 is 2.42 bits per heavy atom. The van der Waals surface area contributed by atoms with Crippen LogP contribution in [-0.4, -0.2) is 17.7 Å². The molecule has 0 spiro atoms. The molecule has 0 heterocycles. The highest BCUT2D eigenvalue weighted by atomic mass is 19.1. The summed E-state index contributed by atoms with van der Waals surface area (Å²) in [5, 5.41) is 10.6. The quantitative estimate of drug-likeness (QED) is 0.330. The number of hydrogen-bond acceptors (Lipinski definition) is 2. The molecule has 3 nitrogen and oxygen atoms in total. The summed E-state index contributed by atoms with van der Waals surface area (Å²) in [4.78, 5) is 11.1. The van der Waals surface area contributed by atoms with Gasteiger partial charge in [-0.25, -0.2) is 13.6 Å². The summed E-state index contributed by atoms with van der Waals surface area (Å²) in [7, 11) is 0. The van der Waals surface area contributed by atoms with Gasteiger partial charge in [0.15, 0.2) is 11.6 Å². The summed E-state index contributed by atoms with van der Waals surface area (Å²) in [6, 6.07) is 12.1. The maximum Gasteiger partial charge on any atom is 0.335 e. The number of aromatic carboxylic acids is 1. The highest BCUT2D eigenvalue weighted by molar-refractivity contribution is 5.94. The van der Waals surface area contributed by atoms with E-state index in [0.717, 1.165) is 55.0 Å². The van der Waals surface area contributed by atoms with Crippen molar-refractivity contribution in [3.8, 4) is 17.6 Å². The van der Waals surface area contributed by atoms with Crippen LogP contribution in [0.4, 0.5) is 8.78 Å². The lowest BCUT2D eigenvalue weighted by molar-refractivity contribution is 0.0697. The molecular formula is C26H24F2O3. The number of benzene rings is 3. The molecule has 0 saturated carbocycles. The number of halogens is 2. The van der Waals surface area contributed by atoms with Crippen LogP contribution < -0.4 is 4.74 Å². The Labute approximate surface area is 180 Å². The van der Waals surface area contributed by atoms with Crippen molar-refractivity contribution in [3.63, 3.8) is 0 Å². The minimum Gasteiger partial charge on any atom is -0.490 e. The van der Waals surface area contributed by atoms with E-state index in [9.17, 15) is 13.6 Å². The van der Waals surface area contributed by atoms with Crippen LogP contribution in [0.1, 0.15) is 60.5 Å². The summed E-state index contributed by atoms with van der Waals surface area (Å²) >= 11 is 0. The number of carboxylic acids is 1. The summed E-state index contributed by atoms with van der Waals surface area (Å²) in [6.07, 6.45) is 5.23. The molecule has 0 aromatic heterocycles. The van der Waals surface area contributed by atoms with E-state index >= 15 is 0 Å². The number of carbonyl (C=O) groups is 1. The number of rotatable bonds is 8. The molecule has 1 N–H and O–H groups in total. The summed E-state index contributed by atoms with van der Waals surface area (Å²) < 4.78 is 34.1. The van der Waals surface area contributed by atoms with Crippen LogP contribution >= 0.6 is 0 Å². The average Bonchev–Trinajstić information content (AvgIpc) is 2.76. The third-order valence-electron chi connectivity index (χ3n) is 4.96. The van der Waals surface area contributed by atoms with E-state index in [1.165, 1.54) is 6.07 Å². The van der Waals surface area contributed by atoms with Gasteiger partial charge >= 0.3 is 5.97 Å². The molecule has 3 aromatic carbocycles. The topological polar surface area (TPSA) is 46.5 Å². The third kappa shape index (κ3) is 6.05. The lowest BCUT2D eigenvalue weighted by atomic mass is 10.0. The molecule has 160 valence electrons. The van der Waals surface area contributed by atoms with Gasteiger partial charge in [0.25, 0.3) is 0 Å². The minimum atomic E-state index is -0.993. The molecule has 0 bridgehead atoms. The molecule has 0 amide bonds. The van der Waals surface area contributed by atoms with Crippen molar-refractivity contribution in [1.29, 1.82) is 0 Å². The van der Waals surface area contributed by atoms with Gasteiger partial charge in [-0.2, -0.15) is 0 Å². The lowest BCUT2D eigenvalue weighted by Crippen LogP contribution is -2.01. The zero-order valence-electron chi connectivity index (χ0n) is 17.4. The number of hydrogen-bond donors (Lipinski definition) is 1. The Morgan fingerprint density at radius 2 is 1.65 bits per heavy atom. The summed E-state index contributed by atoms with van der Waals surface area (Å²) in [6.45, 7) is 2.49. The highest BCUT2D eigenvalue weighted by Crippen LogP contribution is 2.22. The molecule has 3 aromatic rings. The Morgan fingerprint density at radius 1 is 0.903 bits per heavy atom. The van der Waals surface area contributed by atoms with Gasteiger partial charge in [-0.05, 0) is 47.5 Å². The van der Waals surface area contributed by atoms with E-state index in [2.05, 4.69) is 18.8 Å². The summed E-state index contributed by atoms with van der Waals surface area (Å²) in [5.74, 6) is 3.13. The Bertz CT molecular complexity index is 1140. The normalized spacial score (nSPS) is 10.5. The first-order valence-electron chi connectivity index (χ1n) is 10.4. The van der Waals surface area contributed by atoms with Gasteiger partial charge < -0.3 is 9.84 Å². The minimum absolute atomic E-state index is 0.0471. The molecule has 0 atom stereocenters. The maximum absolute atomic E-state index is 14.4. The fraction of sp³-hybridized carbons (Fsp3) is 0.269. The van der Waals surface area contributed by atoms with Gasteiger partial charge in [0.05, 0.1) is 17.7 Å². The van der Waals surface area contributed by atoms with Crippen LogP contribution in [0.5, 0.6) is 5.75 Å². The lowest BCUT2D eigenvalue weighted by Gasteiger charge is -2.08. The largest absolute Gasteiger partial charge is 0.490 e. The Balaban J connectivity index is 1.71. The van der Waals surface area contributed by atoms with E-state index < -0.39 is 17.6 Å². The van der Waals surface area contributed by atoms with Gasteiger partial charge in [0, 0.05) is 11.6 Å². The highest BCUT2D eigenvalue weighted by Gasteiger charge is 2.10. The Hall–Kier alpha value is -3.39. The van der Waals surface area contributed by atoms with E-state index in [1.54, 1.807) is 30.3 Å². The van der Waals surface area contributed by atoms with Gasteiger partial charge in [-0.3, -0.25) is 0 Å². The Kier molecular flexibility index (Phi) is 7.61. The van der Waals surface area contributed by atoms with E-state index in [-0.39, 0.29) is 16.9 Å². The molecule has 0 saturated heterocycles. The molecule has 0 aliphatic heterocycles. The van der Waals surface area contributed by atoms with Crippen LogP contribution in [-0.2, 0) is 0 Å². The molecule has 0 aliphatic carbocycles. The maximum atomic E-state index is 14.4. The second kappa shape index (κ2) is 10.6. The SMILES string of the molecule is CCCCCCCOc1cc(F)c(C#Cc2ccc3cc(C(=O)O)ccc3c2)cc1F. The monoisotopic (exact) mass is 422 g/mol. The molecular weight excluding hydrogens is 398 g/mol. The predicted octanol–water partition coefficient (Wildman–Crippen LogP) is 6.57. The van der Waals surface area contributed by atoms with Gasteiger partial charge in [-0.15, -0.1) is 0 Å². The van der Waals surface area contributed by atoms with Crippen LogP contribution in [0.2, 0.25) is 0 Å². The van der Waals surface area contributed by atoms with Crippen molar-refractivity contribution < 1.29 is 23.4 Å². The molecule has 0 radical (unpaired) electrons. The fourth-order valence-electron chi connectivity index (χ4n) is 3.22. The van der Waals surface area contributed by atoms with E-state index in [1.807, 2.05) is 0 Å². The second-order valence-corrected chi connectivity index (χ2v) is 7.36. The van der Waals surface area contributed by atoms with Crippen molar-refractivity contribution >= 4 is 16.7 Å². The van der Waals surface area contributed by atoms with Gasteiger partial charge in [0.2, 0.25) is 0 Å². The molecule has 31 heavy (non-hydrogen) atoms. The van der Waals surface area contributed by atoms with Crippen molar-refractivity contribution in [2.45, 2.75) is 39.0 Å². The van der Waals surface area contributed by atoms with Crippen molar-refractivity contribution in [1.82, 2.24) is 0 Å². The molecule has 0 unspecified atom stereocenters. The first kappa shape index (κ1) is 22.3. The first-order chi connectivity index (χ1) is 15.0. The van der Waals surface area contributed by atoms with Crippen molar-refractivity contribution in [2.24, 2.45) is 0 Å². The second-order valence-electron chi connectivity index (χ2n) is 7.36.